The molecule has 2 rings (SSSR count). The summed E-state index contributed by atoms with van der Waals surface area (Å²) < 4.78 is 28.4. The molecular weight excluding hydrogens is 260 g/mol. The largest absolute Gasteiger partial charge is 0.307 e. The van der Waals surface area contributed by atoms with E-state index < -0.39 is 11.6 Å². The molecule has 1 aromatic carbocycles. The van der Waals surface area contributed by atoms with Crippen molar-refractivity contribution < 1.29 is 8.78 Å². The summed E-state index contributed by atoms with van der Waals surface area (Å²) in [6.07, 6.45) is 0. The summed E-state index contributed by atoms with van der Waals surface area (Å²) in [6, 6.07) is 3.41. The zero-order chi connectivity index (χ0) is 13.3. The van der Waals surface area contributed by atoms with Gasteiger partial charge in [0.1, 0.15) is 17.5 Å². The van der Waals surface area contributed by atoms with Crippen molar-refractivity contribution in [1.29, 1.82) is 0 Å². The fourth-order valence-electron chi connectivity index (χ4n) is 1.81. The molecule has 0 aliphatic heterocycles. The topological polar surface area (TPSA) is 30.7 Å². The third-order valence-corrected chi connectivity index (χ3v) is 2.81. The third-order valence-electron chi connectivity index (χ3n) is 2.57. The van der Waals surface area contributed by atoms with Gasteiger partial charge < -0.3 is 4.57 Å². The average Bonchev–Trinajstić information content (AvgIpc) is 2.72. The predicted molar refractivity (Wildman–Crippen MR) is 65.3 cm³/mol. The van der Waals surface area contributed by atoms with Gasteiger partial charge in [0.15, 0.2) is 5.82 Å². The van der Waals surface area contributed by atoms with Crippen LogP contribution in [-0.2, 0) is 5.88 Å². The Morgan fingerprint density at radius 3 is 2.56 bits per heavy atom. The van der Waals surface area contributed by atoms with Crippen LogP contribution in [0.2, 0.25) is 0 Å². The van der Waals surface area contributed by atoms with Crippen LogP contribution < -0.4 is 0 Å². The lowest BCUT2D eigenvalue weighted by molar-refractivity contribution is 0.570. The Labute approximate surface area is 108 Å². The van der Waals surface area contributed by atoms with Gasteiger partial charge in [0.25, 0.3) is 0 Å². The lowest BCUT2D eigenvalue weighted by Crippen LogP contribution is -2.07. The van der Waals surface area contributed by atoms with E-state index in [0.717, 1.165) is 6.07 Å². The van der Waals surface area contributed by atoms with Crippen LogP contribution in [0.3, 0.4) is 0 Å². The van der Waals surface area contributed by atoms with E-state index >= 15 is 0 Å². The Bertz CT molecular complexity index is 566. The first-order valence-electron chi connectivity index (χ1n) is 5.49. The minimum absolute atomic E-state index is 0.0354. The molecule has 18 heavy (non-hydrogen) atoms. The molecular formula is C12H12ClF2N3. The number of hydrogen-bond acceptors (Lipinski definition) is 2. The van der Waals surface area contributed by atoms with Crippen molar-refractivity contribution in [3.63, 3.8) is 0 Å². The van der Waals surface area contributed by atoms with Crippen molar-refractivity contribution in [1.82, 2.24) is 14.8 Å². The second kappa shape index (κ2) is 5.02. The van der Waals surface area contributed by atoms with E-state index in [2.05, 4.69) is 10.2 Å². The Hall–Kier alpha value is -1.49. The molecule has 96 valence electrons. The Morgan fingerprint density at radius 1 is 1.28 bits per heavy atom. The van der Waals surface area contributed by atoms with E-state index in [9.17, 15) is 8.78 Å². The van der Waals surface area contributed by atoms with Gasteiger partial charge in [-0.1, -0.05) is 0 Å². The molecule has 0 bridgehead atoms. The van der Waals surface area contributed by atoms with E-state index in [1.54, 1.807) is 4.57 Å². The Morgan fingerprint density at radius 2 is 2.00 bits per heavy atom. The Balaban J connectivity index is 2.60. The second-order valence-corrected chi connectivity index (χ2v) is 4.43. The van der Waals surface area contributed by atoms with Crippen LogP contribution in [-0.4, -0.2) is 14.8 Å². The molecule has 3 nitrogen and oxygen atoms in total. The molecule has 0 aliphatic carbocycles. The van der Waals surface area contributed by atoms with Gasteiger partial charge in [-0.05, 0) is 26.0 Å². The van der Waals surface area contributed by atoms with Crippen molar-refractivity contribution in [2.75, 3.05) is 0 Å². The fraction of sp³-hybridized carbons (Fsp3) is 0.333. The highest BCUT2D eigenvalue weighted by Gasteiger charge is 2.18. The van der Waals surface area contributed by atoms with Gasteiger partial charge >= 0.3 is 0 Å². The molecule has 0 fully saturated rings. The van der Waals surface area contributed by atoms with E-state index in [0.29, 0.717) is 11.6 Å². The highest BCUT2D eigenvalue weighted by atomic mass is 35.5. The van der Waals surface area contributed by atoms with E-state index in [1.165, 1.54) is 12.1 Å². The van der Waals surface area contributed by atoms with Crippen LogP contribution in [0.5, 0.6) is 0 Å². The summed E-state index contributed by atoms with van der Waals surface area (Å²) in [4.78, 5) is 0. The number of alkyl halides is 1. The molecule has 0 spiro atoms. The molecule has 0 saturated heterocycles. The normalized spacial score (nSPS) is 11.2. The van der Waals surface area contributed by atoms with Crippen LogP contribution in [0.1, 0.15) is 25.7 Å². The SMILES string of the molecule is CC(C)n1c(CCl)nnc1-c1ccc(F)cc1F. The number of aromatic nitrogens is 3. The number of halogens is 3. The highest BCUT2D eigenvalue weighted by molar-refractivity contribution is 6.16. The fourth-order valence-corrected chi connectivity index (χ4v) is 1.99. The van der Waals surface area contributed by atoms with Gasteiger partial charge in [-0.25, -0.2) is 8.78 Å². The zero-order valence-corrected chi connectivity index (χ0v) is 10.7. The maximum atomic E-state index is 13.7. The molecule has 0 aliphatic rings. The maximum absolute atomic E-state index is 13.7. The quantitative estimate of drug-likeness (QED) is 0.800. The molecule has 0 radical (unpaired) electrons. The van der Waals surface area contributed by atoms with Gasteiger partial charge in [-0.3, -0.25) is 0 Å². The monoisotopic (exact) mass is 271 g/mol. The van der Waals surface area contributed by atoms with Gasteiger partial charge in [0.05, 0.1) is 11.4 Å². The molecule has 6 heteroatoms. The van der Waals surface area contributed by atoms with Crippen molar-refractivity contribution in [2.45, 2.75) is 25.8 Å². The Kier molecular flexibility index (Phi) is 3.61. The van der Waals surface area contributed by atoms with Gasteiger partial charge in [-0.2, -0.15) is 0 Å². The van der Waals surface area contributed by atoms with Crippen LogP contribution in [0, 0.1) is 11.6 Å². The first-order chi connectivity index (χ1) is 8.54. The van der Waals surface area contributed by atoms with Crippen molar-refractivity contribution in [2.24, 2.45) is 0 Å². The van der Waals surface area contributed by atoms with E-state index in [-0.39, 0.29) is 17.5 Å². The zero-order valence-electron chi connectivity index (χ0n) is 9.99. The molecule has 0 N–H and O–H groups in total. The number of rotatable bonds is 3. The van der Waals surface area contributed by atoms with Crippen molar-refractivity contribution >= 4 is 11.6 Å². The summed E-state index contributed by atoms with van der Waals surface area (Å²) >= 11 is 5.76. The number of benzene rings is 1. The molecule has 0 atom stereocenters. The molecule has 0 amide bonds. The minimum Gasteiger partial charge on any atom is -0.307 e. The average molecular weight is 272 g/mol. The lowest BCUT2D eigenvalue weighted by Gasteiger charge is -2.13. The van der Waals surface area contributed by atoms with Crippen LogP contribution in [0.4, 0.5) is 8.78 Å². The lowest BCUT2D eigenvalue weighted by atomic mass is 10.2. The van der Waals surface area contributed by atoms with E-state index in [1.807, 2.05) is 13.8 Å². The summed E-state index contributed by atoms with van der Waals surface area (Å²) in [5, 5.41) is 7.85. The smallest absolute Gasteiger partial charge is 0.167 e. The molecule has 1 heterocycles. The van der Waals surface area contributed by atoms with Crippen molar-refractivity contribution in [3.8, 4) is 11.4 Å². The summed E-state index contributed by atoms with van der Waals surface area (Å²) in [6.45, 7) is 3.84. The summed E-state index contributed by atoms with van der Waals surface area (Å²) in [5.74, 6) is -0.174. The molecule has 0 saturated carbocycles. The maximum Gasteiger partial charge on any atom is 0.167 e. The number of nitrogens with zero attached hydrogens (tertiary/aromatic N) is 3. The molecule has 2 aromatic rings. The summed E-state index contributed by atoms with van der Waals surface area (Å²) in [5.41, 5.74) is 0.217. The van der Waals surface area contributed by atoms with Gasteiger partial charge in [-0.15, -0.1) is 21.8 Å². The number of hydrogen-bond donors (Lipinski definition) is 0. The highest BCUT2D eigenvalue weighted by Crippen LogP contribution is 2.25. The van der Waals surface area contributed by atoms with Crippen molar-refractivity contribution in [3.05, 3.63) is 35.7 Å². The van der Waals surface area contributed by atoms with E-state index in [4.69, 9.17) is 11.6 Å². The summed E-state index contributed by atoms with van der Waals surface area (Å²) in [7, 11) is 0. The van der Waals surface area contributed by atoms with Gasteiger partial charge in [0, 0.05) is 12.1 Å². The third kappa shape index (κ3) is 2.22. The minimum atomic E-state index is -0.662. The van der Waals surface area contributed by atoms with Crippen LogP contribution >= 0.6 is 11.6 Å². The predicted octanol–water partition coefficient (Wildman–Crippen LogP) is 3.54. The first-order valence-corrected chi connectivity index (χ1v) is 6.03. The van der Waals surface area contributed by atoms with Gasteiger partial charge in [0.2, 0.25) is 0 Å². The molecule has 1 aromatic heterocycles. The van der Waals surface area contributed by atoms with Crippen LogP contribution in [0.25, 0.3) is 11.4 Å². The van der Waals surface area contributed by atoms with Crippen LogP contribution in [0.15, 0.2) is 18.2 Å². The molecule has 0 unspecified atom stereocenters. The first kappa shape index (κ1) is 13.0. The standard InChI is InChI=1S/C12H12ClF2N3/c1-7(2)18-11(6-13)16-17-12(18)9-4-3-8(14)5-10(9)15/h3-5,7H,6H2,1-2H3. The second-order valence-electron chi connectivity index (χ2n) is 4.16.